The van der Waals surface area contributed by atoms with Gasteiger partial charge in [0, 0.05) is 18.9 Å². The molecule has 0 atom stereocenters. The molecule has 0 amide bonds. The molecule has 0 fully saturated rings. The van der Waals surface area contributed by atoms with Gasteiger partial charge >= 0.3 is 0 Å². The quantitative estimate of drug-likeness (QED) is 0.782. The highest BCUT2D eigenvalue weighted by atomic mass is 15.3. The lowest BCUT2D eigenvalue weighted by molar-refractivity contribution is 0.768. The van der Waals surface area contributed by atoms with Crippen molar-refractivity contribution in [3.63, 3.8) is 0 Å². The van der Waals surface area contributed by atoms with E-state index in [0.717, 1.165) is 11.4 Å². The average molecular weight is 187 g/mol. The minimum Gasteiger partial charge on any atom is -0.353 e. The second-order valence-corrected chi connectivity index (χ2v) is 3.39. The fourth-order valence-electron chi connectivity index (χ4n) is 1.29. The highest BCUT2D eigenvalue weighted by Crippen LogP contribution is 2.15. The molecule has 0 aliphatic carbocycles. The van der Waals surface area contributed by atoms with Crippen molar-refractivity contribution in [2.75, 3.05) is 5.32 Å². The van der Waals surface area contributed by atoms with Gasteiger partial charge in [0.05, 0.1) is 11.9 Å². The molecule has 0 saturated heterocycles. The lowest BCUT2D eigenvalue weighted by Crippen LogP contribution is -1.88. The van der Waals surface area contributed by atoms with E-state index in [-0.39, 0.29) is 0 Å². The van der Waals surface area contributed by atoms with Crippen LogP contribution in [0, 0.1) is 6.92 Å². The molecule has 14 heavy (non-hydrogen) atoms. The van der Waals surface area contributed by atoms with Crippen LogP contribution < -0.4 is 5.32 Å². The van der Waals surface area contributed by atoms with Crippen LogP contribution in [-0.4, -0.2) is 9.78 Å². The van der Waals surface area contributed by atoms with Crippen LogP contribution in [0.1, 0.15) is 5.56 Å². The summed E-state index contributed by atoms with van der Waals surface area (Å²) in [6.07, 6.45) is 3.75. The van der Waals surface area contributed by atoms with E-state index >= 15 is 0 Å². The van der Waals surface area contributed by atoms with Gasteiger partial charge in [-0.15, -0.1) is 0 Å². The van der Waals surface area contributed by atoms with E-state index in [4.69, 9.17) is 0 Å². The summed E-state index contributed by atoms with van der Waals surface area (Å²) in [5, 5.41) is 7.35. The molecule has 2 aromatic rings. The van der Waals surface area contributed by atoms with Gasteiger partial charge in [-0.2, -0.15) is 5.10 Å². The van der Waals surface area contributed by atoms with Gasteiger partial charge in [0.25, 0.3) is 0 Å². The van der Waals surface area contributed by atoms with Gasteiger partial charge in [0.15, 0.2) is 0 Å². The first kappa shape index (κ1) is 8.81. The van der Waals surface area contributed by atoms with Crippen molar-refractivity contribution in [2.45, 2.75) is 6.92 Å². The maximum Gasteiger partial charge on any atom is 0.0770 e. The minimum absolute atomic E-state index is 1.01. The molecule has 2 rings (SSSR count). The Bertz CT molecular complexity index is 414. The summed E-state index contributed by atoms with van der Waals surface area (Å²) in [5.74, 6) is 0. The Labute approximate surface area is 83.4 Å². The molecule has 1 N–H and O–H groups in total. The Kier molecular flexibility index (Phi) is 2.23. The lowest BCUT2D eigenvalue weighted by Gasteiger charge is -2.02. The standard InChI is InChI=1S/C11H13N3/c1-9-3-5-10(6-4-9)13-11-7-12-14(2)8-11/h3-8,13H,1-2H3. The van der Waals surface area contributed by atoms with Gasteiger partial charge in [-0.1, -0.05) is 17.7 Å². The van der Waals surface area contributed by atoms with Crippen LogP contribution in [0.15, 0.2) is 36.7 Å². The smallest absolute Gasteiger partial charge is 0.0770 e. The third kappa shape index (κ3) is 1.93. The summed E-state index contributed by atoms with van der Waals surface area (Å²) in [6, 6.07) is 8.28. The van der Waals surface area contributed by atoms with Gasteiger partial charge in [-0.3, -0.25) is 4.68 Å². The summed E-state index contributed by atoms with van der Waals surface area (Å²) in [4.78, 5) is 0. The maximum absolute atomic E-state index is 4.08. The van der Waals surface area contributed by atoms with Gasteiger partial charge in [0.2, 0.25) is 0 Å². The van der Waals surface area contributed by atoms with E-state index < -0.39 is 0 Å². The van der Waals surface area contributed by atoms with Crippen LogP contribution in [0.5, 0.6) is 0 Å². The zero-order valence-electron chi connectivity index (χ0n) is 8.36. The van der Waals surface area contributed by atoms with Gasteiger partial charge in [0.1, 0.15) is 0 Å². The molecule has 0 aliphatic rings. The highest BCUT2D eigenvalue weighted by molar-refractivity contribution is 5.58. The third-order valence-electron chi connectivity index (χ3n) is 2.05. The Morgan fingerprint density at radius 1 is 1.14 bits per heavy atom. The van der Waals surface area contributed by atoms with Crippen molar-refractivity contribution in [3.8, 4) is 0 Å². The maximum atomic E-state index is 4.08. The van der Waals surface area contributed by atoms with Crippen LogP contribution in [0.2, 0.25) is 0 Å². The monoisotopic (exact) mass is 187 g/mol. The number of hydrogen-bond donors (Lipinski definition) is 1. The van der Waals surface area contributed by atoms with Crippen molar-refractivity contribution in [3.05, 3.63) is 42.2 Å². The summed E-state index contributed by atoms with van der Waals surface area (Å²) < 4.78 is 1.77. The van der Waals surface area contributed by atoms with Gasteiger partial charge < -0.3 is 5.32 Å². The Morgan fingerprint density at radius 2 is 1.86 bits per heavy atom. The molecule has 0 radical (unpaired) electrons. The molecular weight excluding hydrogens is 174 g/mol. The van der Waals surface area contributed by atoms with Crippen LogP contribution in [0.25, 0.3) is 0 Å². The van der Waals surface area contributed by atoms with Crippen molar-refractivity contribution in [1.29, 1.82) is 0 Å². The predicted octanol–water partition coefficient (Wildman–Crippen LogP) is 2.47. The number of nitrogens with one attached hydrogen (secondary N) is 1. The molecule has 0 aliphatic heterocycles. The molecule has 3 nitrogen and oxygen atoms in total. The Morgan fingerprint density at radius 3 is 2.43 bits per heavy atom. The highest BCUT2D eigenvalue weighted by Gasteiger charge is 1.95. The van der Waals surface area contributed by atoms with Crippen molar-refractivity contribution < 1.29 is 0 Å². The fourth-order valence-corrected chi connectivity index (χ4v) is 1.29. The van der Waals surface area contributed by atoms with Crippen molar-refractivity contribution in [1.82, 2.24) is 9.78 Å². The second-order valence-electron chi connectivity index (χ2n) is 3.39. The molecule has 1 aromatic heterocycles. The topological polar surface area (TPSA) is 29.9 Å². The van der Waals surface area contributed by atoms with Crippen LogP contribution in [0.3, 0.4) is 0 Å². The largest absolute Gasteiger partial charge is 0.353 e. The van der Waals surface area contributed by atoms with Gasteiger partial charge in [-0.05, 0) is 19.1 Å². The number of aryl methyl sites for hydroxylation is 2. The SMILES string of the molecule is Cc1ccc(Nc2cnn(C)c2)cc1. The zero-order valence-corrected chi connectivity index (χ0v) is 8.36. The van der Waals surface area contributed by atoms with E-state index in [9.17, 15) is 0 Å². The van der Waals surface area contributed by atoms with Crippen molar-refractivity contribution in [2.24, 2.45) is 7.05 Å². The van der Waals surface area contributed by atoms with Crippen LogP contribution >= 0.6 is 0 Å². The van der Waals surface area contributed by atoms with E-state index in [1.54, 1.807) is 10.9 Å². The van der Waals surface area contributed by atoms with Crippen LogP contribution in [0.4, 0.5) is 11.4 Å². The number of benzene rings is 1. The molecule has 1 aromatic carbocycles. The number of aromatic nitrogens is 2. The van der Waals surface area contributed by atoms with E-state index in [1.165, 1.54) is 5.56 Å². The zero-order chi connectivity index (χ0) is 9.97. The predicted molar refractivity (Wildman–Crippen MR) is 57.7 cm³/mol. The lowest BCUT2D eigenvalue weighted by atomic mass is 10.2. The molecule has 0 saturated carbocycles. The first-order valence-electron chi connectivity index (χ1n) is 4.56. The van der Waals surface area contributed by atoms with Gasteiger partial charge in [-0.25, -0.2) is 0 Å². The van der Waals surface area contributed by atoms with E-state index in [0.29, 0.717) is 0 Å². The first-order chi connectivity index (χ1) is 6.74. The summed E-state index contributed by atoms with van der Waals surface area (Å²) in [7, 11) is 1.90. The Balaban J connectivity index is 2.15. The number of rotatable bonds is 2. The van der Waals surface area contributed by atoms with Crippen molar-refractivity contribution >= 4 is 11.4 Å². The summed E-state index contributed by atoms with van der Waals surface area (Å²) in [5.41, 5.74) is 3.36. The third-order valence-corrected chi connectivity index (χ3v) is 2.05. The number of nitrogens with zero attached hydrogens (tertiary/aromatic N) is 2. The van der Waals surface area contributed by atoms with Crippen LogP contribution in [-0.2, 0) is 7.05 Å². The first-order valence-corrected chi connectivity index (χ1v) is 4.56. The normalized spacial score (nSPS) is 10.1. The summed E-state index contributed by atoms with van der Waals surface area (Å²) >= 11 is 0. The molecule has 1 heterocycles. The number of hydrogen-bond acceptors (Lipinski definition) is 2. The fraction of sp³-hybridized carbons (Fsp3) is 0.182. The second kappa shape index (κ2) is 3.54. The number of anilines is 2. The average Bonchev–Trinajstić information content (AvgIpc) is 2.56. The molecule has 0 bridgehead atoms. The minimum atomic E-state index is 1.01. The molecule has 0 spiro atoms. The summed E-state index contributed by atoms with van der Waals surface area (Å²) in [6.45, 7) is 2.08. The molecule has 3 heteroatoms. The van der Waals surface area contributed by atoms with E-state index in [2.05, 4.69) is 41.6 Å². The van der Waals surface area contributed by atoms with E-state index in [1.807, 2.05) is 13.2 Å². The molecule has 0 unspecified atom stereocenters. The Hall–Kier alpha value is -1.77. The molecular formula is C11H13N3. The molecule has 72 valence electrons.